The van der Waals surface area contributed by atoms with E-state index in [1.165, 1.54) is 17.6 Å². The van der Waals surface area contributed by atoms with Gasteiger partial charge in [-0.15, -0.1) is 0 Å². The quantitative estimate of drug-likeness (QED) is 0.502. The third-order valence-electron chi connectivity index (χ3n) is 1.57. The van der Waals surface area contributed by atoms with E-state index in [-0.39, 0.29) is 0 Å². The molecular formula is C7H11N. The molecule has 0 amide bonds. The highest BCUT2D eigenvalue weighted by atomic mass is 14.5. The normalized spacial score (nSPS) is 24.1. The molecule has 0 heterocycles. The van der Waals surface area contributed by atoms with Crippen molar-refractivity contribution in [1.82, 2.24) is 0 Å². The minimum atomic E-state index is 1.14. The zero-order chi connectivity index (χ0) is 5.98. The summed E-state index contributed by atoms with van der Waals surface area (Å²) in [6.07, 6.45) is 6.24. The van der Waals surface area contributed by atoms with E-state index in [2.05, 4.69) is 13.0 Å². The third-order valence-corrected chi connectivity index (χ3v) is 1.57. The lowest BCUT2D eigenvalue weighted by Gasteiger charge is -1.92. The molecule has 1 nitrogen and oxygen atoms in total. The number of rotatable bonds is 0. The SMILES string of the molecule is CC1=CCC/C1=C/N. The maximum Gasteiger partial charge on any atom is -0.00270 e. The molecule has 8 heavy (non-hydrogen) atoms. The Kier molecular flexibility index (Phi) is 1.38. The summed E-state index contributed by atoms with van der Waals surface area (Å²) in [6, 6.07) is 0. The van der Waals surface area contributed by atoms with Gasteiger partial charge in [-0.3, -0.25) is 0 Å². The molecule has 1 aliphatic carbocycles. The zero-order valence-corrected chi connectivity index (χ0v) is 5.15. The summed E-state index contributed by atoms with van der Waals surface area (Å²) in [5.41, 5.74) is 7.99. The second kappa shape index (κ2) is 2.03. The van der Waals surface area contributed by atoms with Gasteiger partial charge >= 0.3 is 0 Å². The van der Waals surface area contributed by atoms with Crippen LogP contribution in [0.25, 0.3) is 0 Å². The molecule has 0 unspecified atom stereocenters. The van der Waals surface area contributed by atoms with Gasteiger partial charge in [0.1, 0.15) is 0 Å². The first-order valence-electron chi connectivity index (χ1n) is 2.92. The molecular weight excluding hydrogens is 98.1 g/mol. The minimum Gasteiger partial charge on any atom is -0.404 e. The summed E-state index contributed by atoms with van der Waals surface area (Å²) in [5, 5.41) is 0. The van der Waals surface area contributed by atoms with Crippen LogP contribution >= 0.6 is 0 Å². The van der Waals surface area contributed by atoms with Crippen LogP contribution in [0.3, 0.4) is 0 Å². The van der Waals surface area contributed by atoms with Crippen LogP contribution < -0.4 is 5.73 Å². The average molecular weight is 109 g/mol. The number of hydrogen-bond acceptors (Lipinski definition) is 1. The van der Waals surface area contributed by atoms with Crippen LogP contribution in [-0.4, -0.2) is 0 Å². The van der Waals surface area contributed by atoms with E-state index in [0.29, 0.717) is 0 Å². The smallest absolute Gasteiger partial charge is 0.00270 e. The standard InChI is InChI=1S/C7H11N/c1-6-3-2-4-7(6)5-8/h3,5H,2,4,8H2,1H3/b7-5-. The summed E-state index contributed by atoms with van der Waals surface area (Å²) < 4.78 is 0. The summed E-state index contributed by atoms with van der Waals surface area (Å²) in [7, 11) is 0. The fourth-order valence-corrected chi connectivity index (χ4v) is 0.987. The number of hydrogen-bond donors (Lipinski definition) is 1. The van der Waals surface area contributed by atoms with Crippen LogP contribution in [0, 0.1) is 0 Å². The van der Waals surface area contributed by atoms with Gasteiger partial charge in [0.05, 0.1) is 0 Å². The average Bonchev–Trinajstić information content (AvgIpc) is 2.14. The Morgan fingerprint density at radius 3 is 2.75 bits per heavy atom. The lowest BCUT2D eigenvalue weighted by Crippen LogP contribution is -1.84. The number of allylic oxidation sites excluding steroid dienone is 3. The Labute approximate surface area is 49.9 Å². The summed E-state index contributed by atoms with van der Waals surface area (Å²) in [6.45, 7) is 2.10. The van der Waals surface area contributed by atoms with Crippen molar-refractivity contribution in [3.8, 4) is 0 Å². The topological polar surface area (TPSA) is 26.0 Å². The van der Waals surface area contributed by atoms with Crippen LogP contribution in [0.15, 0.2) is 23.4 Å². The first kappa shape index (κ1) is 5.42. The molecule has 0 atom stereocenters. The van der Waals surface area contributed by atoms with E-state index in [9.17, 15) is 0 Å². The van der Waals surface area contributed by atoms with Gasteiger partial charge in [-0.05, 0) is 31.5 Å². The molecule has 0 saturated heterocycles. The molecule has 0 aromatic rings. The fourth-order valence-electron chi connectivity index (χ4n) is 0.987. The van der Waals surface area contributed by atoms with Gasteiger partial charge in [-0.2, -0.15) is 0 Å². The van der Waals surface area contributed by atoms with Crippen LogP contribution in [0.1, 0.15) is 19.8 Å². The van der Waals surface area contributed by atoms with Gasteiger partial charge in [-0.1, -0.05) is 11.6 Å². The first-order valence-corrected chi connectivity index (χ1v) is 2.92. The first-order chi connectivity index (χ1) is 3.84. The second-order valence-corrected chi connectivity index (χ2v) is 2.12. The fraction of sp³-hybridized carbons (Fsp3) is 0.429. The number of nitrogens with two attached hydrogens (primary N) is 1. The van der Waals surface area contributed by atoms with E-state index in [1.807, 2.05) is 0 Å². The van der Waals surface area contributed by atoms with E-state index < -0.39 is 0 Å². The van der Waals surface area contributed by atoms with Crippen LogP contribution in [0.2, 0.25) is 0 Å². The second-order valence-electron chi connectivity index (χ2n) is 2.12. The monoisotopic (exact) mass is 109 g/mol. The van der Waals surface area contributed by atoms with Gasteiger partial charge in [0, 0.05) is 0 Å². The Morgan fingerprint density at radius 2 is 2.50 bits per heavy atom. The Morgan fingerprint density at radius 1 is 1.75 bits per heavy atom. The molecule has 1 heteroatoms. The summed E-state index contributed by atoms with van der Waals surface area (Å²) in [4.78, 5) is 0. The van der Waals surface area contributed by atoms with E-state index in [4.69, 9.17) is 5.73 Å². The van der Waals surface area contributed by atoms with Crippen molar-refractivity contribution in [3.05, 3.63) is 23.4 Å². The van der Waals surface area contributed by atoms with Crippen molar-refractivity contribution in [2.75, 3.05) is 0 Å². The maximum absolute atomic E-state index is 5.32. The molecule has 0 fully saturated rings. The molecule has 2 N–H and O–H groups in total. The van der Waals surface area contributed by atoms with Gasteiger partial charge in [0.25, 0.3) is 0 Å². The van der Waals surface area contributed by atoms with Crippen LogP contribution in [0.5, 0.6) is 0 Å². The molecule has 44 valence electrons. The largest absolute Gasteiger partial charge is 0.404 e. The molecule has 0 saturated carbocycles. The van der Waals surface area contributed by atoms with Crippen molar-refractivity contribution in [2.24, 2.45) is 5.73 Å². The minimum absolute atomic E-state index is 1.14. The lowest BCUT2D eigenvalue weighted by molar-refractivity contribution is 1.05. The van der Waals surface area contributed by atoms with Crippen LogP contribution in [0.4, 0.5) is 0 Å². The van der Waals surface area contributed by atoms with Crippen molar-refractivity contribution in [2.45, 2.75) is 19.8 Å². The molecule has 1 aliphatic rings. The highest BCUT2D eigenvalue weighted by molar-refractivity contribution is 5.32. The molecule has 0 spiro atoms. The molecule has 0 aliphatic heterocycles. The van der Waals surface area contributed by atoms with Crippen molar-refractivity contribution in [1.29, 1.82) is 0 Å². The van der Waals surface area contributed by atoms with Crippen molar-refractivity contribution in [3.63, 3.8) is 0 Å². The van der Waals surface area contributed by atoms with Gasteiger partial charge in [-0.25, -0.2) is 0 Å². The van der Waals surface area contributed by atoms with Crippen LogP contribution in [-0.2, 0) is 0 Å². The highest BCUT2D eigenvalue weighted by Crippen LogP contribution is 2.22. The predicted molar refractivity (Wildman–Crippen MR) is 35.3 cm³/mol. The molecule has 1 rings (SSSR count). The summed E-state index contributed by atoms with van der Waals surface area (Å²) >= 11 is 0. The molecule has 0 aromatic carbocycles. The Hall–Kier alpha value is -0.720. The highest BCUT2D eigenvalue weighted by Gasteiger charge is 2.03. The van der Waals surface area contributed by atoms with Gasteiger partial charge in [0.2, 0.25) is 0 Å². The molecule has 0 bridgehead atoms. The zero-order valence-electron chi connectivity index (χ0n) is 5.15. The van der Waals surface area contributed by atoms with Gasteiger partial charge in [0.15, 0.2) is 0 Å². The maximum atomic E-state index is 5.32. The molecule has 0 radical (unpaired) electrons. The van der Waals surface area contributed by atoms with Gasteiger partial charge < -0.3 is 5.73 Å². The Bertz CT molecular complexity index is 142. The van der Waals surface area contributed by atoms with E-state index >= 15 is 0 Å². The lowest BCUT2D eigenvalue weighted by atomic mass is 10.2. The Balaban J connectivity index is 2.74. The van der Waals surface area contributed by atoms with E-state index in [1.54, 1.807) is 6.20 Å². The predicted octanol–water partition coefficient (Wildman–Crippen LogP) is 1.57. The summed E-state index contributed by atoms with van der Waals surface area (Å²) in [5.74, 6) is 0. The van der Waals surface area contributed by atoms with Crippen molar-refractivity contribution < 1.29 is 0 Å². The molecule has 0 aromatic heterocycles. The van der Waals surface area contributed by atoms with E-state index in [0.717, 1.165) is 6.42 Å². The third kappa shape index (κ3) is 0.760. The van der Waals surface area contributed by atoms with Crippen molar-refractivity contribution >= 4 is 0 Å².